The normalized spacial score (nSPS) is 25.2. The van der Waals surface area contributed by atoms with Crippen molar-refractivity contribution in [3.8, 4) is 0 Å². The molecule has 134 valence electrons. The number of rotatable bonds is 4. The van der Waals surface area contributed by atoms with Gasteiger partial charge in [0.25, 0.3) is 5.91 Å². The van der Waals surface area contributed by atoms with E-state index in [0.29, 0.717) is 6.42 Å². The zero-order valence-corrected chi connectivity index (χ0v) is 13.3. The van der Waals surface area contributed by atoms with Crippen molar-refractivity contribution in [2.75, 3.05) is 13.7 Å². The first-order chi connectivity index (χ1) is 12.0. The first-order valence-electron chi connectivity index (χ1n) is 7.65. The molecular formula is C16H16F2N2O5. The van der Waals surface area contributed by atoms with Crippen LogP contribution in [0.2, 0.25) is 0 Å². The summed E-state index contributed by atoms with van der Waals surface area (Å²) >= 11 is 0. The number of hydrogen-bond donors (Lipinski definition) is 1. The van der Waals surface area contributed by atoms with E-state index in [2.05, 4.69) is 15.2 Å². The van der Waals surface area contributed by atoms with Crippen LogP contribution in [0.15, 0.2) is 23.4 Å². The number of hydrogen-bond acceptors (Lipinski definition) is 6. The standard InChI is InChI=1S/C16H16F2N2O5/c1-23-16(22)14-5-11(7-24-14)19-15(21)13-6-12(20-25-13)8-2-9(17)4-10(18)3-8/h2-4,11,13-14H,5-7H2,1H3,(H,19,21)/t11-,13?,14-/m1/s1. The topological polar surface area (TPSA) is 86.2 Å². The summed E-state index contributed by atoms with van der Waals surface area (Å²) < 4.78 is 36.4. The van der Waals surface area contributed by atoms with Crippen molar-refractivity contribution in [2.45, 2.75) is 31.1 Å². The Bertz CT molecular complexity index is 704. The molecule has 2 heterocycles. The lowest BCUT2D eigenvalue weighted by molar-refractivity contribution is -0.151. The molecule has 1 aromatic carbocycles. The summed E-state index contributed by atoms with van der Waals surface area (Å²) in [5.41, 5.74) is 0.511. The molecule has 1 unspecified atom stereocenters. The number of oxime groups is 1. The Kier molecular flexibility index (Phi) is 4.93. The number of methoxy groups -OCH3 is 1. The summed E-state index contributed by atoms with van der Waals surface area (Å²) in [5.74, 6) is -2.40. The van der Waals surface area contributed by atoms with E-state index in [4.69, 9.17) is 9.57 Å². The van der Waals surface area contributed by atoms with Gasteiger partial charge in [-0.3, -0.25) is 4.79 Å². The maximum atomic E-state index is 13.3. The van der Waals surface area contributed by atoms with Gasteiger partial charge in [0.2, 0.25) is 6.10 Å². The Labute approximate surface area is 141 Å². The molecule has 0 saturated carbocycles. The molecule has 3 atom stereocenters. The largest absolute Gasteiger partial charge is 0.467 e. The predicted molar refractivity (Wildman–Crippen MR) is 80.7 cm³/mol. The number of halogens is 2. The third-order valence-corrected chi connectivity index (χ3v) is 3.96. The average Bonchev–Trinajstić information content (AvgIpc) is 3.22. The average molecular weight is 354 g/mol. The Hall–Kier alpha value is -2.55. The van der Waals surface area contributed by atoms with E-state index in [0.717, 1.165) is 18.2 Å². The molecule has 1 N–H and O–H groups in total. The lowest BCUT2D eigenvalue weighted by Gasteiger charge is -2.13. The summed E-state index contributed by atoms with van der Waals surface area (Å²) in [4.78, 5) is 28.7. The quantitative estimate of drug-likeness (QED) is 0.812. The van der Waals surface area contributed by atoms with E-state index in [-0.39, 0.29) is 30.3 Å². The summed E-state index contributed by atoms with van der Waals surface area (Å²) in [6.45, 7) is 0.182. The fraction of sp³-hybridized carbons (Fsp3) is 0.438. The Morgan fingerprint density at radius 2 is 1.96 bits per heavy atom. The highest BCUT2D eigenvalue weighted by atomic mass is 19.1. The maximum absolute atomic E-state index is 13.3. The first kappa shape index (κ1) is 17.3. The van der Waals surface area contributed by atoms with Crippen LogP contribution in [-0.4, -0.2) is 49.6 Å². The predicted octanol–water partition coefficient (Wildman–Crippen LogP) is 0.905. The number of benzene rings is 1. The van der Waals surface area contributed by atoms with Gasteiger partial charge in [-0.2, -0.15) is 0 Å². The minimum Gasteiger partial charge on any atom is -0.467 e. The van der Waals surface area contributed by atoms with Crippen LogP contribution < -0.4 is 5.32 Å². The smallest absolute Gasteiger partial charge is 0.335 e. The molecule has 25 heavy (non-hydrogen) atoms. The van der Waals surface area contributed by atoms with Gasteiger partial charge in [0, 0.05) is 24.5 Å². The molecule has 1 amide bonds. The van der Waals surface area contributed by atoms with Gasteiger partial charge in [0.05, 0.1) is 25.5 Å². The SMILES string of the molecule is COC(=O)[C@H]1C[C@@H](NC(=O)C2CC(c3cc(F)cc(F)c3)=NO2)CO1. The number of nitrogens with zero attached hydrogens (tertiary/aromatic N) is 1. The van der Waals surface area contributed by atoms with E-state index >= 15 is 0 Å². The molecule has 0 spiro atoms. The minimum atomic E-state index is -0.904. The van der Waals surface area contributed by atoms with E-state index < -0.39 is 35.7 Å². The number of carbonyl (C=O) groups is 2. The Balaban J connectivity index is 1.55. The van der Waals surface area contributed by atoms with Crippen LogP contribution in [0.5, 0.6) is 0 Å². The van der Waals surface area contributed by atoms with Crippen LogP contribution in [0.1, 0.15) is 18.4 Å². The minimum absolute atomic E-state index is 0.0860. The lowest BCUT2D eigenvalue weighted by Crippen LogP contribution is -2.42. The summed E-state index contributed by atoms with van der Waals surface area (Å²) in [6.07, 6.45) is -1.23. The van der Waals surface area contributed by atoms with Crippen LogP contribution >= 0.6 is 0 Å². The van der Waals surface area contributed by atoms with Gasteiger partial charge in [0.15, 0.2) is 6.10 Å². The van der Waals surface area contributed by atoms with Crippen LogP contribution in [0, 0.1) is 11.6 Å². The highest BCUT2D eigenvalue weighted by Crippen LogP contribution is 2.20. The molecule has 7 nitrogen and oxygen atoms in total. The van der Waals surface area contributed by atoms with Gasteiger partial charge in [-0.1, -0.05) is 5.16 Å². The molecular weight excluding hydrogens is 338 g/mol. The zero-order chi connectivity index (χ0) is 18.0. The van der Waals surface area contributed by atoms with Crippen LogP contribution in [0.25, 0.3) is 0 Å². The number of amides is 1. The Morgan fingerprint density at radius 1 is 1.24 bits per heavy atom. The number of carbonyl (C=O) groups excluding carboxylic acids is 2. The fourth-order valence-corrected chi connectivity index (χ4v) is 2.73. The summed E-state index contributed by atoms with van der Waals surface area (Å²) in [7, 11) is 1.26. The van der Waals surface area contributed by atoms with Gasteiger partial charge in [-0.15, -0.1) is 0 Å². The van der Waals surface area contributed by atoms with Gasteiger partial charge < -0.3 is 19.6 Å². The zero-order valence-electron chi connectivity index (χ0n) is 13.3. The Morgan fingerprint density at radius 3 is 2.64 bits per heavy atom. The van der Waals surface area contributed by atoms with Crippen LogP contribution in [-0.2, 0) is 23.9 Å². The van der Waals surface area contributed by atoms with Crippen molar-refractivity contribution in [1.82, 2.24) is 5.32 Å². The van der Waals surface area contributed by atoms with E-state index in [1.807, 2.05) is 0 Å². The number of ether oxygens (including phenoxy) is 2. The third-order valence-electron chi connectivity index (χ3n) is 3.96. The van der Waals surface area contributed by atoms with Crippen molar-refractivity contribution < 1.29 is 32.7 Å². The van der Waals surface area contributed by atoms with Crippen molar-refractivity contribution >= 4 is 17.6 Å². The second-order valence-corrected chi connectivity index (χ2v) is 5.78. The van der Waals surface area contributed by atoms with Gasteiger partial charge in [-0.05, 0) is 12.1 Å². The second kappa shape index (κ2) is 7.14. The van der Waals surface area contributed by atoms with Crippen molar-refractivity contribution in [1.29, 1.82) is 0 Å². The molecule has 0 bridgehead atoms. The molecule has 2 aliphatic heterocycles. The highest BCUT2D eigenvalue weighted by Gasteiger charge is 2.36. The fourth-order valence-electron chi connectivity index (χ4n) is 2.73. The van der Waals surface area contributed by atoms with Crippen molar-refractivity contribution in [3.05, 3.63) is 35.4 Å². The number of nitrogens with one attached hydrogen (secondary N) is 1. The molecule has 0 aromatic heterocycles. The molecule has 0 radical (unpaired) electrons. The lowest BCUT2D eigenvalue weighted by atomic mass is 10.0. The van der Waals surface area contributed by atoms with E-state index in [9.17, 15) is 18.4 Å². The number of esters is 1. The van der Waals surface area contributed by atoms with E-state index in [1.54, 1.807) is 0 Å². The van der Waals surface area contributed by atoms with E-state index in [1.165, 1.54) is 7.11 Å². The van der Waals surface area contributed by atoms with Gasteiger partial charge >= 0.3 is 5.97 Å². The van der Waals surface area contributed by atoms with Crippen molar-refractivity contribution in [2.24, 2.45) is 5.16 Å². The highest BCUT2D eigenvalue weighted by molar-refractivity contribution is 6.04. The monoisotopic (exact) mass is 354 g/mol. The van der Waals surface area contributed by atoms with Crippen molar-refractivity contribution in [3.63, 3.8) is 0 Å². The molecule has 0 aliphatic carbocycles. The van der Waals surface area contributed by atoms with Gasteiger partial charge in [-0.25, -0.2) is 13.6 Å². The second-order valence-electron chi connectivity index (χ2n) is 5.78. The third kappa shape index (κ3) is 3.93. The summed E-state index contributed by atoms with van der Waals surface area (Å²) in [5, 5.41) is 6.45. The van der Waals surface area contributed by atoms with Gasteiger partial charge in [0.1, 0.15) is 11.6 Å². The van der Waals surface area contributed by atoms with Crippen LogP contribution in [0.3, 0.4) is 0 Å². The molecule has 3 rings (SSSR count). The summed E-state index contributed by atoms with van der Waals surface area (Å²) in [6, 6.07) is 2.65. The maximum Gasteiger partial charge on any atom is 0.335 e. The first-order valence-corrected chi connectivity index (χ1v) is 7.65. The van der Waals surface area contributed by atoms with Crippen LogP contribution in [0.4, 0.5) is 8.78 Å². The molecule has 1 fully saturated rings. The molecule has 1 aromatic rings. The molecule has 9 heteroatoms. The molecule has 1 saturated heterocycles. The molecule has 2 aliphatic rings.